The van der Waals surface area contributed by atoms with Crippen LogP contribution in [0.2, 0.25) is 0 Å². The maximum absolute atomic E-state index is 13.1. The molecule has 10 heteroatoms. The van der Waals surface area contributed by atoms with Gasteiger partial charge in [0.05, 0.1) is 19.3 Å². The summed E-state index contributed by atoms with van der Waals surface area (Å²) in [6.07, 6.45) is 5.53. The lowest BCUT2D eigenvalue weighted by molar-refractivity contribution is -0.117. The first-order valence-corrected chi connectivity index (χ1v) is 12.0. The number of fused-ring (bicyclic) bond motifs is 1. The van der Waals surface area contributed by atoms with Gasteiger partial charge in [-0.15, -0.1) is 0 Å². The van der Waals surface area contributed by atoms with Crippen molar-refractivity contribution in [1.82, 2.24) is 29.8 Å². The van der Waals surface area contributed by atoms with Gasteiger partial charge in [-0.3, -0.25) is 9.69 Å². The van der Waals surface area contributed by atoms with Gasteiger partial charge in [-0.25, -0.2) is 24.9 Å². The summed E-state index contributed by atoms with van der Waals surface area (Å²) in [5, 5.41) is 5.04. The van der Waals surface area contributed by atoms with Crippen LogP contribution in [0.25, 0.3) is 22.0 Å². The molecule has 0 radical (unpaired) electrons. The average molecular weight is 485 g/mol. The minimum Gasteiger partial charge on any atom is -0.497 e. The standard InChI is InChI=1S/C26H28N8O2/c1-3-24-28-7-6-22(31-24)19-12-18-4-5-20(36-2)14-21(18)23(13-19)32-25(35)15-33-8-10-34(11-9-33)26-29-16-27-17-30-26/h4-7,12-14,16-17H,3,8-11,15H2,1-2H3,(H,32,35). The summed E-state index contributed by atoms with van der Waals surface area (Å²) in [7, 11) is 1.64. The summed E-state index contributed by atoms with van der Waals surface area (Å²) in [4.78, 5) is 38.7. The quantitative estimate of drug-likeness (QED) is 0.423. The lowest BCUT2D eigenvalue weighted by Crippen LogP contribution is -2.49. The highest BCUT2D eigenvalue weighted by atomic mass is 16.5. The van der Waals surface area contributed by atoms with Crippen molar-refractivity contribution < 1.29 is 9.53 Å². The van der Waals surface area contributed by atoms with Crippen molar-refractivity contribution in [3.63, 3.8) is 0 Å². The van der Waals surface area contributed by atoms with Gasteiger partial charge in [0.2, 0.25) is 11.9 Å². The highest BCUT2D eigenvalue weighted by Gasteiger charge is 2.21. The van der Waals surface area contributed by atoms with Crippen molar-refractivity contribution in [2.75, 3.05) is 50.1 Å². The second-order valence-electron chi connectivity index (χ2n) is 8.57. The van der Waals surface area contributed by atoms with Crippen LogP contribution in [0.3, 0.4) is 0 Å². The number of nitrogens with one attached hydrogen (secondary N) is 1. The summed E-state index contributed by atoms with van der Waals surface area (Å²) < 4.78 is 5.44. The molecular formula is C26H28N8O2. The Kier molecular flexibility index (Phi) is 6.94. The number of piperazine rings is 1. The number of carbonyl (C=O) groups is 1. The fraction of sp³-hybridized carbons (Fsp3) is 0.308. The molecule has 0 bridgehead atoms. The molecule has 36 heavy (non-hydrogen) atoms. The van der Waals surface area contributed by atoms with Gasteiger partial charge in [0, 0.05) is 55.4 Å². The number of benzene rings is 2. The van der Waals surface area contributed by atoms with Crippen molar-refractivity contribution in [2.24, 2.45) is 0 Å². The number of amides is 1. The largest absolute Gasteiger partial charge is 0.497 e. The van der Waals surface area contributed by atoms with E-state index in [9.17, 15) is 4.79 Å². The third-order valence-electron chi connectivity index (χ3n) is 6.26. The van der Waals surface area contributed by atoms with Gasteiger partial charge in [0.15, 0.2) is 0 Å². The van der Waals surface area contributed by atoms with Crippen molar-refractivity contribution >= 4 is 28.3 Å². The van der Waals surface area contributed by atoms with Gasteiger partial charge in [0.1, 0.15) is 24.2 Å². The van der Waals surface area contributed by atoms with Crippen LogP contribution in [0.4, 0.5) is 11.6 Å². The minimum atomic E-state index is -0.0678. The van der Waals surface area contributed by atoms with E-state index in [-0.39, 0.29) is 5.91 Å². The van der Waals surface area contributed by atoms with Crippen LogP contribution < -0.4 is 15.0 Å². The molecule has 1 saturated heterocycles. The van der Waals surface area contributed by atoms with Crippen LogP contribution in [-0.2, 0) is 11.2 Å². The van der Waals surface area contributed by atoms with Crippen LogP contribution in [0.1, 0.15) is 12.7 Å². The Morgan fingerprint density at radius 3 is 2.58 bits per heavy atom. The Balaban J connectivity index is 1.35. The van der Waals surface area contributed by atoms with E-state index in [1.165, 1.54) is 12.7 Å². The molecule has 5 rings (SSSR count). The molecule has 4 aromatic rings. The third kappa shape index (κ3) is 5.23. The molecule has 1 amide bonds. The Labute approximate surface area is 209 Å². The SMILES string of the molecule is CCc1nccc(-c2cc(NC(=O)CN3CCN(c4ncncn4)CC3)c3cc(OC)ccc3c2)n1. The van der Waals surface area contributed by atoms with E-state index in [1.807, 2.05) is 37.3 Å². The van der Waals surface area contributed by atoms with E-state index < -0.39 is 0 Å². The molecule has 10 nitrogen and oxygen atoms in total. The number of aryl methyl sites for hydroxylation is 1. The molecule has 1 fully saturated rings. The number of anilines is 2. The van der Waals surface area contributed by atoms with E-state index in [1.54, 1.807) is 13.3 Å². The Bertz CT molecular complexity index is 1360. The monoisotopic (exact) mass is 484 g/mol. The molecular weight excluding hydrogens is 456 g/mol. The molecule has 2 aromatic heterocycles. The number of methoxy groups -OCH3 is 1. The van der Waals surface area contributed by atoms with Gasteiger partial charge in [-0.1, -0.05) is 13.0 Å². The van der Waals surface area contributed by atoms with Crippen molar-refractivity contribution in [2.45, 2.75) is 13.3 Å². The molecule has 0 aliphatic carbocycles. The van der Waals surface area contributed by atoms with E-state index in [0.29, 0.717) is 12.5 Å². The lowest BCUT2D eigenvalue weighted by Gasteiger charge is -2.34. The van der Waals surface area contributed by atoms with E-state index in [0.717, 1.165) is 71.9 Å². The average Bonchev–Trinajstić information content (AvgIpc) is 2.93. The van der Waals surface area contributed by atoms with Gasteiger partial charge >= 0.3 is 0 Å². The summed E-state index contributed by atoms with van der Waals surface area (Å²) in [6.45, 7) is 5.32. The van der Waals surface area contributed by atoms with E-state index >= 15 is 0 Å². The number of aromatic nitrogens is 5. The van der Waals surface area contributed by atoms with Crippen LogP contribution in [-0.4, -0.2) is 75.6 Å². The molecule has 0 unspecified atom stereocenters. The molecule has 0 atom stereocenters. The molecule has 0 spiro atoms. The van der Waals surface area contributed by atoms with Crippen molar-refractivity contribution in [1.29, 1.82) is 0 Å². The smallest absolute Gasteiger partial charge is 0.238 e. The number of hydrogen-bond acceptors (Lipinski definition) is 9. The third-order valence-corrected chi connectivity index (χ3v) is 6.26. The first-order chi connectivity index (χ1) is 17.6. The highest BCUT2D eigenvalue weighted by molar-refractivity contribution is 6.05. The van der Waals surface area contributed by atoms with Gasteiger partial charge in [-0.05, 0) is 35.7 Å². The predicted octanol–water partition coefficient (Wildman–Crippen LogP) is 2.81. The molecule has 184 valence electrons. The number of ether oxygens (including phenoxy) is 1. The fourth-order valence-corrected chi connectivity index (χ4v) is 4.34. The summed E-state index contributed by atoms with van der Waals surface area (Å²) >= 11 is 0. The zero-order valence-electron chi connectivity index (χ0n) is 20.4. The first kappa shape index (κ1) is 23.6. The molecule has 1 N–H and O–H groups in total. The van der Waals surface area contributed by atoms with Crippen molar-refractivity contribution in [3.8, 4) is 17.0 Å². The molecule has 1 aliphatic heterocycles. The number of hydrogen-bond donors (Lipinski definition) is 1. The minimum absolute atomic E-state index is 0.0678. The highest BCUT2D eigenvalue weighted by Crippen LogP contribution is 2.33. The van der Waals surface area contributed by atoms with Crippen LogP contribution >= 0.6 is 0 Å². The maximum atomic E-state index is 13.1. The van der Waals surface area contributed by atoms with Crippen LogP contribution in [0.15, 0.2) is 55.2 Å². The molecule has 0 saturated carbocycles. The van der Waals surface area contributed by atoms with Gasteiger partial charge < -0.3 is 15.0 Å². The first-order valence-electron chi connectivity index (χ1n) is 12.0. The van der Waals surface area contributed by atoms with Crippen LogP contribution in [0.5, 0.6) is 5.75 Å². The van der Waals surface area contributed by atoms with Crippen LogP contribution in [0, 0.1) is 0 Å². The number of nitrogens with zero attached hydrogens (tertiary/aromatic N) is 7. The summed E-state index contributed by atoms with van der Waals surface area (Å²) in [6, 6.07) is 11.8. The number of rotatable bonds is 7. The second-order valence-corrected chi connectivity index (χ2v) is 8.57. The predicted molar refractivity (Wildman–Crippen MR) is 138 cm³/mol. The molecule has 1 aliphatic rings. The van der Waals surface area contributed by atoms with Gasteiger partial charge in [-0.2, -0.15) is 0 Å². The Morgan fingerprint density at radius 1 is 1.03 bits per heavy atom. The Morgan fingerprint density at radius 2 is 1.83 bits per heavy atom. The number of carbonyl (C=O) groups excluding carboxylic acids is 1. The zero-order valence-corrected chi connectivity index (χ0v) is 20.4. The summed E-state index contributed by atoms with van der Waals surface area (Å²) in [5.74, 6) is 2.11. The lowest BCUT2D eigenvalue weighted by atomic mass is 10.0. The normalized spacial score (nSPS) is 14.1. The summed E-state index contributed by atoms with van der Waals surface area (Å²) in [5.41, 5.74) is 2.47. The van der Waals surface area contributed by atoms with Crippen molar-refractivity contribution in [3.05, 3.63) is 61.1 Å². The maximum Gasteiger partial charge on any atom is 0.238 e. The van der Waals surface area contributed by atoms with E-state index in [2.05, 4.69) is 46.1 Å². The van der Waals surface area contributed by atoms with Gasteiger partial charge in [0.25, 0.3) is 0 Å². The molecule has 3 heterocycles. The fourth-order valence-electron chi connectivity index (χ4n) is 4.34. The molecule has 2 aromatic carbocycles. The van der Waals surface area contributed by atoms with E-state index in [4.69, 9.17) is 4.74 Å². The Hall–Kier alpha value is -4.18. The zero-order chi connectivity index (χ0) is 24.9. The second kappa shape index (κ2) is 10.6. The topological polar surface area (TPSA) is 109 Å².